The molecule has 0 aromatic carbocycles. The maximum Gasteiger partial charge on any atom is 0.233 e. The summed E-state index contributed by atoms with van der Waals surface area (Å²) in [6, 6.07) is 0. The fraction of sp³-hybridized carbons (Fsp3) is 0.929. The predicted octanol–water partition coefficient (Wildman–Crippen LogP) is 1.95. The molecule has 4 nitrogen and oxygen atoms in total. The molecule has 0 aliphatic rings. The zero-order chi connectivity index (χ0) is 13.6. The Morgan fingerprint density at radius 1 is 1.28 bits per heavy atom. The maximum atomic E-state index is 11.5. The molecule has 1 unspecified atom stereocenters. The van der Waals surface area contributed by atoms with Crippen LogP contribution in [-0.4, -0.2) is 39.3 Å². The van der Waals surface area contributed by atoms with Crippen LogP contribution < -0.4 is 10.6 Å². The van der Waals surface area contributed by atoms with Gasteiger partial charge in [-0.3, -0.25) is 4.79 Å². The average molecular weight is 258 g/mol. The van der Waals surface area contributed by atoms with Crippen molar-refractivity contribution in [2.75, 3.05) is 33.4 Å². The molecule has 0 rings (SSSR count). The fourth-order valence-corrected chi connectivity index (χ4v) is 1.84. The highest BCUT2D eigenvalue weighted by atomic mass is 16.5. The van der Waals surface area contributed by atoms with Crippen molar-refractivity contribution in [2.24, 2.45) is 5.92 Å². The van der Waals surface area contributed by atoms with Crippen LogP contribution in [0.25, 0.3) is 0 Å². The number of hydrogen-bond acceptors (Lipinski definition) is 3. The lowest BCUT2D eigenvalue weighted by atomic mass is 9.99. The van der Waals surface area contributed by atoms with E-state index in [1.807, 2.05) is 0 Å². The number of unbranched alkanes of at least 4 members (excludes halogenated alkanes) is 1. The Morgan fingerprint density at radius 3 is 2.67 bits per heavy atom. The molecule has 0 aliphatic carbocycles. The standard InChI is InChI=1S/C14H30N2O2/c1-4-6-8-13(5-2)11-15-12-14(17)16-9-7-10-18-3/h13,15H,4-12H2,1-3H3,(H,16,17). The number of nitrogens with one attached hydrogen (secondary N) is 2. The molecule has 0 aromatic rings. The summed E-state index contributed by atoms with van der Waals surface area (Å²) in [5.41, 5.74) is 0. The molecule has 1 atom stereocenters. The molecule has 108 valence electrons. The second-order valence-corrected chi connectivity index (χ2v) is 4.74. The molecular formula is C14H30N2O2. The largest absolute Gasteiger partial charge is 0.385 e. The SMILES string of the molecule is CCCCC(CC)CNCC(=O)NCCCOC. The van der Waals surface area contributed by atoms with Crippen LogP contribution in [0.3, 0.4) is 0 Å². The van der Waals surface area contributed by atoms with Gasteiger partial charge in [0.15, 0.2) is 0 Å². The maximum absolute atomic E-state index is 11.5. The monoisotopic (exact) mass is 258 g/mol. The number of rotatable bonds is 12. The summed E-state index contributed by atoms with van der Waals surface area (Å²) in [6.07, 6.45) is 5.84. The molecule has 18 heavy (non-hydrogen) atoms. The van der Waals surface area contributed by atoms with Gasteiger partial charge in [-0.25, -0.2) is 0 Å². The van der Waals surface area contributed by atoms with E-state index in [9.17, 15) is 4.79 Å². The number of carbonyl (C=O) groups excluding carboxylic acids is 1. The third kappa shape index (κ3) is 10.5. The third-order valence-corrected chi connectivity index (χ3v) is 3.11. The molecule has 0 fully saturated rings. The summed E-state index contributed by atoms with van der Waals surface area (Å²) in [5.74, 6) is 0.780. The molecule has 0 aromatic heterocycles. The quantitative estimate of drug-likeness (QED) is 0.526. The molecule has 2 N–H and O–H groups in total. The van der Waals surface area contributed by atoms with Crippen molar-refractivity contribution in [1.82, 2.24) is 10.6 Å². The fourth-order valence-electron chi connectivity index (χ4n) is 1.84. The summed E-state index contributed by atoms with van der Waals surface area (Å²) in [4.78, 5) is 11.5. The number of amides is 1. The highest BCUT2D eigenvalue weighted by molar-refractivity contribution is 5.77. The van der Waals surface area contributed by atoms with E-state index < -0.39 is 0 Å². The van der Waals surface area contributed by atoms with Gasteiger partial charge in [0.1, 0.15) is 0 Å². The molecule has 0 saturated carbocycles. The van der Waals surface area contributed by atoms with Gasteiger partial charge >= 0.3 is 0 Å². The van der Waals surface area contributed by atoms with Crippen LogP contribution in [0.4, 0.5) is 0 Å². The summed E-state index contributed by atoms with van der Waals surface area (Å²) < 4.78 is 4.92. The van der Waals surface area contributed by atoms with Crippen LogP contribution in [0.1, 0.15) is 46.0 Å². The topological polar surface area (TPSA) is 50.4 Å². The van der Waals surface area contributed by atoms with Crippen molar-refractivity contribution in [2.45, 2.75) is 46.0 Å². The smallest absolute Gasteiger partial charge is 0.233 e. The highest BCUT2D eigenvalue weighted by Crippen LogP contribution is 2.10. The predicted molar refractivity (Wildman–Crippen MR) is 75.7 cm³/mol. The van der Waals surface area contributed by atoms with Crippen LogP contribution in [0.2, 0.25) is 0 Å². The zero-order valence-corrected chi connectivity index (χ0v) is 12.3. The van der Waals surface area contributed by atoms with Crippen LogP contribution in [-0.2, 0) is 9.53 Å². The Bertz CT molecular complexity index is 198. The first-order chi connectivity index (χ1) is 8.74. The van der Waals surface area contributed by atoms with Gasteiger partial charge in [0.25, 0.3) is 0 Å². The second-order valence-electron chi connectivity index (χ2n) is 4.74. The van der Waals surface area contributed by atoms with E-state index in [-0.39, 0.29) is 5.91 Å². The molecule has 0 spiro atoms. The molecule has 1 amide bonds. The molecule has 0 heterocycles. The van der Waals surface area contributed by atoms with Gasteiger partial charge in [0.2, 0.25) is 5.91 Å². The molecule has 0 saturated heterocycles. The van der Waals surface area contributed by atoms with Crippen molar-refractivity contribution in [3.05, 3.63) is 0 Å². The Hall–Kier alpha value is -0.610. The van der Waals surface area contributed by atoms with E-state index in [2.05, 4.69) is 24.5 Å². The Kier molecular flexibility index (Phi) is 12.4. The normalized spacial score (nSPS) is 12.4. The van der Waals surface area contributed by atoms with Gasteiger partial charge in [0.05, 0.1) is 6.54 Å². The highest BCUT2D eigenvalue weighted by Gasteiger charge is 2.06. The van der Waals surface area contributed by atoms with Crippen LogP contribution in [0.5, 0.6) is 0 Å². The van der Waals surface area contributed by atoms with E-state index in [1.165, 1.54) is 25.7 Å². The summed E-state index contributed by atoms with van der Waals surface area (Å²) in [5, 5.41) is 6.11. The Labute approximate surface area is 112 Å². The minimum absolute atomic E-state index is 0.0800. The number of carbonyl (C=O) groups is 1. The minimum Gasteiger partial charge on any atom is -0.385 e. The van der Waals surface area contributed by atoms with Gasteiger partial charge in [-0.1, -0.05) is 33.1 Å². The number of hydrogen-bond donors (Lipinski definition) is 2. The third-order valence-electron chi connectivity index (χ3n) is 3.11. The molecular weight excluding hydrogens is 228 g/mol. The van der Waals surface area contributed by atoms with Crippen molar-refractivity contribution in [1.29, 1.82) is 0 Å². The molecule has 0 radical (unpaired) electrons. The van der Waals surface area contributed by atoms with Gasteiger partial charge in [-0.15, -0.1) is 0 Å². The van der Waals surface area contributed by atoms with E-state index in [1.54, 1.807) is 7.11 Å². The lowest BCUT2D eigenvalue weighted by Crippen LogP contribution is -2.36. The van der Waals surface area contributed by atoms with Crippen LogP contribution in [0, 0.1) is 5.92 Å². The van der Waals surface area contributed by atoms with Crippen molar-refractivity contribution in [3.63, 3.8) is 0 Å². The minimum atomic E-state index is 0.0800. The molecule has 4 heteroatoms. The van der Waals surface area contributed by atoms with Gasteiger partial charge in [-0.2, -0.15) is 0 Å². The first-order valence-corrected chi connectivity index (χ1v) is 7.20. The lowest BCUT2D eigenvalue weighted by Gasteiger charge is -2.15. The van der Waals surface area contributed by atoms with E-state index in [0.29, 0.717) is 25.6 Å². The Balaban J connectivity index is 3.47. The van der Waals surface area contributed by atoms with Crippen molar-refractivity contribution >= 4 is 5.91 Å². The van der Waals surface area contributed by atoms with Crippen molar-refractivity contribution < 1.29 is 9.53 Å². The summed E-state index contributed by atoms with van der Waals surface area (Å²) >= 11 is 0. The Morgan fingerprint density at radius 2 is 2.06 bits per heavy atom. The van der Waals surface area contributed by atoms with Crippen LogP contribution in [0.15, 0.2) is 0 Å². The average Bonchev–Trinajstić information content (AvgIpc) is 2.38. The lowest BCUT2D eigenvalue weighted by molar-refractivity contribution is -0.120. The second kappa shape index (κ2) is 12.8. The molecule has 0 bridgehead atoms. The summed E-state index contributed by atoms with van der Waals surface area (Å²) in [6.45, 7) is 7.20. The summed E-state index contributed by atoms with van der Waals surface area (Å²) in [7, 11) is 1.67. The number of methoxy groups -OCH3 is 1. The van der Waals surface area contributed by atoms with Crippen molar-refractivity contribution in [3.8, 4) is 0 Å². The first kappa shape index (κ1) is 17.4. The van der Waals surface area contributed by atoms with Crippen LogP contribution >= 0.6 is 0 Å². The van der Waals surface area contributed by atoms with Gasteiger partial charge in [-0.05, 0) is 25.3 Å². The number of ether oxygens (including phenoxy) is 1. The first-order valence-electron chi connectivity index (χ1n) is 7.20. The van der Waals surface area contributed by atoms with Gasteiger partial charge in [0, 0.05) is 20.3 Å². The van der Waals surface area contributed by atoms with Gasteiger partial charge < -0.3 is 15.4 Å². The molecule has 0 aliphatic heterocycles. The van der Waals surface area contributed by atoms with E-state index in [0.717, 1.165) is 13.0 Å². The van der Waals surface area contributed by atoms with E-state index >= 15 is 0 Å². The zero-order valence-electron chi connectivity index (χ0n) is 12.3. The van der Waals surface area contributed by atoms with E-state index in [4.69, 9.17) is 4.74 Å².